The molecule has 0 aliphatic heterocycles. The highest BCUT2D eigenvalue weighted by molar-refractivity contribution is 7.15. The summed E-state index contributed by atoms with van der Waals surface area (Å²) in [4.78, 5) is 32.1. The first kappa shape index (κ1) is 21.6. The van der Waals surface area contributed by atoms with Crippen molar-refractivity contribution < 1.29 is 14.3 Å². The van der Waals surface area contributed by atoms with Crippen molar-refractivity contribution in [2.75, 3.05) is 32.1 Å². The fourth-order valence-electron chi connectivity index (χ4n) is 2.37. The highest BCUT2D eigenvalue weighted by atomic mass is 35.5. The number of hydrogen-bond acceptors (Lipinski definition) is 5. The summed E-state index contributed by atoms with van der Waals surface area (Å²) >= 11 is 13.4. The molecule has 0 bridgehead atoms. The van der Waals surface area contributed by atoms with Crippen LogP contribution in [-0.2, 0) is 9.53 Å². The zero-order valence-electron chi connectivity index (χ0n) is 15.3. The normalized spacial score (nSPS) is 10.7. The monoisotopic (exact) mass is 429 g/mol. The van der Waals surface area contributed by atoms with E-state index in [9.17, 15) is 9.59 Å². The summed E-state index contributed by atoms with van der Waals surface area (Å²) in [5.41, 5.74) is 1.20. The van der Waals surface area contributed by atoms with Crippen LogP contribution in [0, 0.1) is 13.8 Å². The fraction of sp³-hybridized carbons (Fsp3) is 0.389. The molecule has 0 aliphatic carbocycles. The van der Waals surface area contributed by atoms with Crippen molar-refractivity contribution >= 4 is 51.5 Å². The van der Waals surface area contributed by atoms with E-state index >= 15 is 0 Å². The molecule has 0 saturated heterocycles. The first-order valence-electron chi connectivity index (χ1n) is 8.28. The first-order chi connectivity index (χ1) is 12.8. The smallest absolute Gasteiger partial charge is 0.254 e. The summed E-state index contributed by atoms with van der Waals surface area (Å²) in [5, 5.41) is 3.99. The number of nitrogens with one attached hydrogen (secondary N) is 1. The molecule has 2 amide bonds. The molecule has 2 aromatic rings. The SMILES string of the molecule is COCCCN(CC(=O)Nc1nc(C)c(C)s1)C(=O)c1cc(Cl)cc(Cl)c1. The molecule has 0 unspecified atom stereocenters. The number of hydrogen-bond donors (Lipinski definition) is 1. The van der Waals surface area contributed by atoms with Gasteiger partial charge in [0.15, 0.2) is 5.13 Å². The van der Waals surface area contributed by atoms with Crippen LogP contribution in [0.2, 0.25) is 10.0 Å². The number of thiazole rings is 1. The van der Waals surface area contributed by atoms with E-state index in [2.05, 4.69) is 10.3 Å². The molecule has 0 atom stereocenters. The van der Waals surface area contributed by atoms with E-state index in [1.165, 1.54) is 28.4 Å². The Balaban J connectivity index is 2.12. The first-order valence-corrected chi connectivity index (χ1v) is 9.85. The Bertz CT molecular complexity index is 786. The minimum Gasteiger partial charge on any atom is -0.385 e. The van der Waals surface area contributed by atoms with Gasteiger partial charge in [-0.1, -0.05) is 23.2 Å². The van der Waals surface area contributed by atoms with Gasteiger partial charge in [-0.2, -0.15) is 0 Å². The van der Waals surface area contributed by atoms with Crippen molar-refractivity contribution in [1.29, 1.82) is 0 Å². The van der Waals surface area contributed by atoms with Crippen LogP contribution >= 0.6 is 34.5 Å². The quantitative estimate of drug-likeness (QED) is 0.638. The third-order valence-corrected chi connectivity index (χ3v) is 5.21. The Kier molecular flexibility index (Phi) is 8.04. The highest BCUT2D eigenvalue weighted by Gasteiger charge is 2.20. The predicted octanol–water partition coefficient (Wildman–Crippen LogP) is 4.18. The number of amides is 2. The average Bonchev–Trinajstić information content (AvgIpc) is 2.90. The molecule has 0 radical (unpaired) electrons. The maximum Gasteiger partial charge on any atom is 0.254 e. The maximum atomic E-state index is 12.9. The van der Waals surface area contributed by atoms with Crippen molar-refractivity contribution in [2.45, 2.75) is 20.3 Å². The number of benzene rings is 1. The Labute approximate surface area is 172 Å². The summed E-state index contributed by atoms with van der Waals surface area (Å²) in [7, 11) is 1.59. The van der Waals surface area contributed by atoms with Crippen molar-refractivity contribution in [3.63, 3.8) is 0 Å². The van der Waals surface area contributed by atoms with Gasteiger partial charge >= 0.3 is 0 Å². The molecule has 2 rings (SSSR count). The van der Waals surface area contributed by atoms with Crippen LogP contribution in [0.3, 0.4) is 0 Å². The molecule has 6 nitrogen and oxygen atoms in total. The van der Waals surface area contributed by atoms with Crippen molar-refractivity contribution in [2.24, 2.45) is 0 Å². The Morgan fingerprint density at radius 2 is 1.89 bits per heavy atom. The van der Waals surface area contributed by atoms with E-state index in [4.69, 9.17) is 27.9 Å². The fourth-order valence-corrected chi connectivity index (χ4v) is 3.73. The second-order valence-corrected chi connectivity index (χ2v) is 8.02. The Hall–Kier alpha value is -1.67. The van der Waals surface area contributed by atoms with Gasteiger partial charge in [-0.3, -0.25) is 9.59 Å². The largest absolute Gasteiger partial charge is 0.385 e. The highest BCUT2D eigenvalue weighted by Crippen LogP contribution is 2.22. The lowest BCUT2D eigenvalue weighted by Crippen LogP contribution is -2.39. The Morgan fingerprint density at radius 3 is 2.44 bits per heavy atom. The zero-order valence-corrected chi connectivity index (χ0v) is 17.7. The second kappa shape index (κ2) is 10.0. The van der Waals surface area contributed by atoms with E-state index in [0.717, 1.165) is 10.6 Å². The summed E-state index contributed by atoms with van der Waals surface area (Å²) in [6, 6.07) is 4.62. The molecule has 1 N–H and O–H groups in total. The molecule has 0 fully saturated rings. The molecule has 9 heteroatoms. The van der Waals surface area contributed by atoms with E-state index in [0.29, 0.717) is 40.3 Å². The number of methoxy groups -OCH3 is 1. The molecule has 1 aromatic heterocycles. The summed E-state index contributed by atoms with van der Waals surface area (Å²) in [6.45, 7) is 4.55. The van der Waals surface area contributed by atoms with Gasteiger partial charge in [-0.15, -0.1) is 11.3 Å². The lowest BCUT2D eigenvalue weighted by Gasteiger charge is -2.22. The van der Waals surface area contributed by atoms with Gasteiger partial charge < -0.3 is 15.0 Å². The maximum absolute atomic E-state index is 12.9. The van der Waals surface area contributed by atoms with Crippen molar-refractivity contribution in [3.8, 4) is 0 Å². The molecule has 0 saturated carbocycles. The topological polar surface area (TPSA) is 71.5 Å². The lowest BCUT2D eigenvalue weighted by atomic mass is 10.2. The number of rotatable bonds is 8. The zero-order chi connectivity index (χ0) is 20.0. The number of halogens is 2. The minimum atomic E-state index is -0.322. The number of carbonyl (C=O) groups is 2. The van der Waals surface area contributed by atoms with Gasteiger partial charge in [0.05, 0.1) is 5.69 Å². The Morgan fingerprint density at radius 1 is 1.22 bits per heavy atom. The van der Waals surface area contributed by atoms with E-state index in [1.54, 1.807) is 13.2 Å². The van der Waals surface area contributed by atoms with Gasteiger partial charge in [-0.25, -0.2) is 4.98 Å². The molecule has 0 aliphatic rings. The van der Waals surface area contributed by atoms with Crippen molar-refractivity contribution in [3.05, 3.63) is 44.4 Å². The molecule has 1 aromatic carbocycles. The third kappa shape index (κ3) is 6.46. The van der Waals surface area contributed by atoms with Crippen LogP contribution in [0.1, 0.15) is 27.3 Å². The van der Waals surface area contributed by atoms with Crippen LogP contribution in [0.4, 0.5) is 5.13 Å². The lowest BCUT2D eigenvalue weighted by molar-refractivity contribution is -0.116. The summed E-state index contributed by atoms with van der Waals surface area (Å²) in [5.74, 6) is -0.639. The van der Waals surface area contributed by atoms with Crippen molar-refractivity contribution in [1.82, 2.24) is 9.88 Å². The van der Waals surface area contributed by atoms with Crippen LogP contribution in [0.25, 0.3) is 0 Å². The molecule has 0 spiro atoms. The number of aromatic nitrogens is 1. The molecular formula is C18H21Cl2N3O3S. The van der Waals surface area contributed by atoms with E-state index < -0.39 is 0 Å². The average molecular weight is 430 g/mol. The summed E-state index contributed by atoms with van der Waals surface area (Å²) < 4.78 is 5.04. The molecule has 146 valence electrons. The van der Waals surface area contributed by atoms with Crippen LogP contribution < -0.4 is 5.32 Å². The van der Waals surface area contributed by atoms with Gasteiger partial charge in [0.1, 0.15) is 6.54 Å². The minimum absolute atomic E-state index is 0.107. The number of carbonyl (C=O) groups excluding carboxylic acids is 2. The van der Waals surface area contributed by atoms with Gasteiger partial charge in [0, 0.05) is 40.7 Å². The molecular weight excluding hydrogens is 409 g/mol. The number of ether oxygens (including phenoxy) is 1. The van der Waals surface area contributed by atoms with Crippen LogP contribution in [0.5, 0.6) is 0 Å². The standard InChI is InChI=1S/C18H21Cl2N3O3S/c1-11-12(2)27-18(21-11)22-16(24)10-23(5-4-6-26-3)17(25)13-7-14(19)9-15(20)8-13/h7-9H,4-6,10H2,1-3H3,(H,21,22,24). The third-order valence-electron chi connectivity index (χ3n) is 3.78. The van der Waals surface area contributed by atoms with E-state index in [1.807, 2.05) is 13.8 Å². The van der Waals surface area contributed by atoms with Crippen LogP contribution in [-0.4, -0.2) is 48.5 Å². The van der Waals surface area contributed by atoms with E-state index in [-0.39, 0.29) is 18.4 Å². The van der Waals surface area contributed by atoms with Gasteiger partial charge in [-0.05, 0) is 38.5 Å². The molecule has 27 heavy (non-hydrogen) atoms. The van der Waals surface area contributed by atoms with Crippen LogP contribution in [0.15, 0.2) is 18.2 Å². The number of nitrogens with zero attached hydrogens (tertiary/aromatic N) is 2. The number of anilines is 1. The van der Waals surface area contributed by atoms with Gasteiger partial charge in [0.2, 0.25) is 5.91 Å². The number of aryl methyl sites for hydroxylation is 2. The second-order valence-electron chi connectivity index (χ2n) is 5.94. The summed E-state index contributed by atoms with van der Waals surface area (Å²) in [6.07, 6.45) is 0.597. The predicted molar refractivity (Wildman–Crippen MR) is 109 cm³/mol. The van der Waals surface area contributed by atoms with Gasteiger partial charge in [0.25, 0.3) is 5.91 Å². The molecule has 1 heterocycles.